The molecule has 0 saturated carbocycles. The first-order valence-corrected chi connectivity index (χ1v) is 16.7. The molecule has 0 bridgehead atoms. The Bertz CT molecular complexity index is 2540. The van der Waals surface area contributed by atoms with E-state index in [-0.39, 0.29) is 0 Å². The van der Waals surface area contributed by atoms with E-state index in [1.807, 2.05) is 24.7 Å². The maximum Gasteiger partial charge on any atom is 0.0547 e. The van der Waals surface area contributed by atoms with E-state index in [1.165, 1.54) is 66.3 Å². The third-order valence-corrected chi connectivity index (χ3v) is 9.54. The number of nitrogens with one attached hydrogen (secondary N) is 1. The SMILES string of the molecule is C1=CNCC(c2cccc(-c3ccc4c5ccc(-c6cccc(-c7cccnc7)c6)cc5n(-c5cccc(-c6ccccc6)c5)c4c3)c2)=C1. The van der Waals surface area contributed by atoms with Crippen molar-refractivity contribution in [3.63, 3.8) is 0 Å². The molecule has 0 saturated heterocycles. The maximum absolute atomic E-state index is 4.35. The van der Waals surface area contributed by atoms with Crippen LogP contribution < -0.4 is 5.32 Å². The highest BCUT2D eigenvalue weighted by Gasteiger charge is 2.16. The van der Waals surface area contributed by atoms with Crippen molar-refractivity contribution in [3.05, 3.63) is 188 Å². The third-order valence-electron chi connectivity index (χ3n) is 9.54. The van der Waals surface area contributed by atoms with Crippen molar-refractivity contribution in [2.75, 3.05) is 6.54 Å². The van der Waals surface area contributed by atoms with Gasteiger partial charge in [0.1, 0.15) is 0 Å². The quantitative estimate of drug-likeness (QED) is 0.199. The lowest BCUT2D eigenvalue weighted by atomic mass is 9.97. The Labute approximate surface area is 286 Å². The third kappa shape index (κ3) is 5.42. The van der Waals surface area contributed by atoms with Crippen LogP contribution in [0.15, 0.2) is 182 Å². The van der Waals surface area contributed by atoms with Gasteiger partial charge >= 0.3 is 0 Å². The highest BCUT2D eigenvalue weighted by Crippen LogP contribution is 2.38. The largest absolute Gasteiger partial charge is 0.387 e. The van der Waals surface area contributed by atoms with Crippen molar-refractivity contribution in [2.24, 2.45) is 0 Å². The number of nitrogens with zero attached hydrogens (tertiary/aromatic N) is 2. The van der Waals surface area contributed by atoms with Crippen molar-refractivity contribution in [2.45, 2.75) is 0 Å². The Hall–Kier alpha value is -6.45. The molecule has 1 aliphatic heterocycles. The Morgan fingerprint density at radius 3 is 1.69 bits per heavy atom. The van der Waals surface area contributed by atoms with E-state index >= 15 is 0 Å². The van der Waals surface area contributed by atoms with Crippen molar-refractivity contribution in [3.8, 4) is 50.2 Å². The number of pyridine rings is 1. The molecule has 9 rings (SSSR count). The van der Waals surface area contributed by atoms with E-state index in [0.717, 1.165) is 23.4 Å². The van der Waals surface area contributed by atoms with Gasteiger partial charge in [0.25, 0.3) is 0 Å². The highest BCUT2D eigenvalue weighted by atomic mass is 15.0. The van der Waals surface area contributed by atoms with Crippen LogP contribution in [0.25, 0.3) is 77.6 Å². The van der Waals surface area contributed by atoms with Crippen LogP contribution in [0.4, 0.5) is 0 Å². The summed E-state index contributed by atoms with van der Waals surface area (Å²) in [5.41, 5.74) is 15.5. The summed E-state index contributed by atoms with van der Waals surface area (Å²) >= 11 is 0. The van der Waals surface area contributed by atoms with Gasteiger partial charge in [0, 0.05) is 41.0 Å². The van der Waals surface area contributed by atoms with Crippen LogP contribution in [-0.4, -0.2) is 16.1 Å². The van der Waals surface area contributed by atoms with E-state index in [2.05, 4.69) is 173 Å². The summed E-state index contributed by atoms with van der Waals surface area (Å²) in [6, 6.07) is 55.1. The molecule has 0 aliphatic carbocycles. The fourth-order valence-electron chi connectivity index (χ4n) is 7.08. The molecule has 0 fully saturated rings. The van der Waals surface area contributed by atoms with Gasteiger partial charge < -0.3 is 9.88 Å². The molecule has 1 N–H and O–H groups in total. The monoisotopic (exact) mass is 627 g/mol. The van der Waals surface area contributed by atoms with E-state index in [9.17, 15) is 0 Å². The standard InChI is InChI=1S/C46H33N3/c1-2-9-32(10-3-1)37-15-6-18-42(27-37)49-45-28-38(33-11-4-13-35(25-33)40-16-7-23-47-30-40)19-21-43(45)44-22-20-39(29-46(44)49)34-12-5-14-36(26-34)41-17-8-24-48-31-41/h1-30,48H,31H2. The van der Waals surface area contributed by atoms with Gasteiger partial charge in [-0.15, -0.1) is 0 Å². The first kappa shape index (κ1) is 28.7. The minimum Gasteiger partial charge on any atom is -0.387 e. The zero-order valence-corrected chi connectivity index (χ0v) is 26.9. The number of hydrogen-bond donors (Lipinski definition) is 1. The van der Waals surface area contributed by atoms with Crippen molar-refractivity contribution >= 4 is 27.4 Å². The van der Waals surface area contributed by atoms with Gasteiger partial charge in [0.05, 0.1) is 11.0 Å². The number of allylic oxidation sites excluding steroid dienone is 2. The first-order valence-electron chi connectivity index (χ1n) is 16.7. The predicted octanol–water partition coefficient (Wildman–Crippen LogP) is 11.3. The molecule has 8 aromatic rings. The van der Waals surface area contributed by atoms with Crippen LogP contribution in [0.2, 0.25) is 0 Å². The van der Waals surface area contributed by atoms with Crippen LogP contribution in [-0.2, 0) is 0 Å². The Morgan fingerprint density at radius 2 is 1.04 bits per heavy atom. The lowest BCUT2D eigenvalue weighted by molar-refractivity contribution is 0.986. The minimum atomic E-state index is 0.832. The van der Waals surface area contributed by atoms with E-state index in [1.54, 1.807) is 0 Å². The molecular formula is C46H33N3. The summed E-state index contributed by atoms with van der Waals surface area (Å²) in [6.45, 7) is 0.832. The molecule has 6 aromatic carbocycles. The number of aromatic nitrogens is 2. The van der Waals surface area contributed by atoms with Crippen LogP contribution in [0.5, 0.6) is 0 Å². The number of rotatable bonds is 6. The zero-order valence-electron chi connectivity index (χ0n) is 26.9. The normalized spacial score (nSPS) is 12.6. The average Bonchev–Trinajstić information content (AvgIpc) is 3.52. The molecule has 0 unspecified atom stereocenters. The number of dihydropyridines is 1. The van der Waals surface area contributed by atoms with Crippen molar-refractivity contribution in [1.29, 1.82) is 0 Å². The van der Waals surface area contributed by atoms with Crippen LogP contribution >= 0.6 is 0 Å². The molecule has 3 heteroatoms. The average molecular weight is 628 g/mol. The Morgan fingerprint density at radius 1 is 0.469 bits per heavy atom. The molecule has 3 heterocycles. The first-order chi connectivity index (χ1) is 24.3. The highest BCUT2D eigenvalue weighted by molar-refractivity contribution is 6.11. The number of benzene rings is 6. The second-order valence-corrected chi connectivity index (χ2v) is 12.6. The second kappa shape index (κ2) is 12.3. The lowest BCUT2D eigenvalue weighted by Gasteiger charge is -2.13. The number of fused-ring (bicyclic) bond motifs is 3. The van der Waals surface area contributed by atoms with Crippen molar-refractivity contribution in [1.82, 2.24) is 14.9 Å². The summed E-state index contributed by atoms with van der Waals surface area (Å²) in [6.07, 6.45) is 10.0. The summed E-state index contributed by atoms with van der Waals surface area (Å²) in [5, 5.41) is 5.82. The number of hydrogen-bond acceptors (Lipinski definition) is 2. The van der Waals surface area contributed by atoms with E-state index in [0.29, 0.717) is 0 Å². The van der Waals surface area contributed by atoms with Crippen LogP contribution in [0, 0.1) is 0 Å². The Kier molecular flexibility index (Phi) is 7.21. The van der Waals surface area contributed by atoms with Gasteiger partial charge in [-0.1, -0.05) is 115 Å². The fourth-order valence-corrected chi connectivity index (χ4v) is 7.08. The molecule has 0 atom stereocenters. The lowest BCUT2D eigenvalue weighted by Crippen LogP contribution is -2.11. The van der Waals surface area contributed by atoms with Gasteiger partial charge in [0.2, 0.25) is 0 Å². The molecule has 2 aromatic heterocycles. The summed E-state index contributed by atoms with van der Waals surface area (Å²) < 4.78 is 2.44. The molecule has 49 heavy (non-hydrogen) atoms. The molecule has 232 valence electrons. The van der Waals surface area contributed by atoms with E-state index < -0.39 is 0 Å². The zero-order chi connectivity index (χ0) is 32.6. The molecule has 0 spiro atoms. The molecule has 1 aliphatic rings. The predicted molar refractivity (Wildman–Crippen MR) is 205 cm³/mol. The van der Waals surface area contributed by atoms with Gasteiger partial charge in [-0.05, 0) is 105 Å². The van der Waals surface area contributed by atoms with Gasteiger partial charge in [0.15, 0.2) is 0 Å². The smallest absolute Gasteiger partial charge is 0.0547 e. The second-order valence-electron chi connectivity index (χ2n) is 12.6. The topological polar surface area (TPSA) is 29.9 Å². The van der Waals surface area contributed by atoms with Gasteiger partial charge in [-0.2, -0.15) is 0 Å². The van der Waals surface area contributed by atoms with Gasteiger partial charge in [-0.25, -0.2) is 0 Å². The van der Waals surface area contributed by atoms with Crippen LogP contribution in [0.1, 0.15) is 5.56 Å². The van der Waals surface area contributed by atoms with Crippen molar-refractivity contribution < 1.29 is 0 Å². The molecule has 0 amide bonds. The summed E-state index contributed by atoms with van der Waals surface area (Å²) in [4.78, 5) is 4.35. The summed E-state index contributed by atoms with van der Waals surface area (Å²) in [7, 11) is 0. The Balaban J connectivity index is 1.24. The molecular weight excluding hydrogens is 595 g/mol. The molecule has 3 nitrogen and oxygen atoms in total. The van der Waals surface area contributed by atoms with Crippen LogP contribution in [0.3, 0.4) is 0 Å². The van der Waals surface area contributed by atoms with Gasteiger partial charge in [-0.3, -0.25) is 4.98 Å². The summed E-state index contributed by atoms with van der Waals surface area (Å²) in [5.74, 6) is 0. The molecule has 0 radical (unpaired) electrons. The minimum absolute atomic E-state index is 0.832. The van der Waals surface area contributed by atoms with E-state index in [4.69, 9.17) is 0 Å². The maximum atomic E-state index is 4.35. The fraction of sp³-hybridized carbons (Fsp3) is 0.0217.